The van der Waals surface area contributed by atoms with Crippen molar-refractivity contribution in [2.45, 2.75) is 0 Å². The molecule has 0 atom stereocenters. The molecule has 2 aromatic heterocycles. The van der Waals surface area contributed by atoms with Gasteiger partial charge in [0, 0.05) is 77.2 Å². The summed E-state index contributed by atoms with van der Waals surface area (Å²) in [6.07, 6.45) is 0. The van der Waals surface area contributed by atoms with Crippen molar-refractivity contribution < 1.29 is 0 Å². The molecule has 0 bridgehead atoms. The van der Waals surface area contributed by atoms with Gasteiger partial charge in [-0.3, -0.25) is 0 Å². The normalized spacial score (nSPS) is 11.8. The molecular weight excluding hydrogens is 1280 g/mol. The van der Waals surface area contributed by atoms with E-state index in [0.29, 0.717) is 0 Å². The largest absolute Gasteiger partial charge is 0.309 e. The maximum absolute atomic E-state index is 2.47. The summed E-state index contributed by atoms with van der Waals surface area (Å²) in [5.41, 5.74) is 22.9. The van der Waals surface area contributed by atoms with Gasteiger partial charge in [0.2, 0.25) is 0 Å². The molecule has 4 nitrogen and oxygen atoms in total. The van der Waals surface area contributed by atoms with Gasteiger partial charge in [-0.1, -0.05) is 279 Å². The molecule has 0 aliphatic rings. The van der Waals surface area contributed by atoms with Crippen LogP contribution < -0.4 is 9.80 Å². The monoisotopic (exact) mass is 1350 g/mol. The maximum Gasteiger partial charge on any atom is 0.0619 e. The fraction of sp³-hybridized carbons (Fsp3) is 0. The highest BCUT2D eigenvalue weighted by Gasteiger charge is 2.27. The molecule has 0 spiro atoms. The third kappa shape index (κ3) is 9.91. The molecule has 0 unspecified atom stereocenters. The summed E-state index contributed by atoms with van der Waals surface area (Å²) in [6.45, 7) is 0. The van der Waals surface area contributed by atoms with Crippen LogP contribution in [-0.2, 0) is 0 Å². The van der Waals surface area contributed by atoms with Crippen LogP contribution in [0, 0.1) is 0 Å². The van der Waals surface area contributed by atoms with Gasteiger partial charge in [-0.25, -0.2) is 0 Å². The standard InChI is InChI=1S/C102H66N4/c1-3-31-75(32-4-1)103(77-51-55-79(56-52-77)105-97-59-47-71(85-43-19-27-67-23-7-11-35-81(67)85)63-93(97)94-64-72(48-60-98(94)105)86-44-20-28-68-24-8-12-36-82(68)86)101-89-39-15-17-41-91(89)102(92-42-18-16-40-90(92)101)104(76-33-5-2-6-34-76)78-53-57-80(58-54-78)106-99-61-49-73(87-45-21-29-69-25-9-13-37-83(69)87)65-95(99)96-66-74(50-62-100(96)106)88-46-22-30-70-26-10-14-38-84(70)88/h1-66H. The molecule has 0 amide bonds. The Morgan fingerprint density at radius 2 is 0.387 bits per heavy atom. The van der Waals surface area contributed by atoms with E-state index in [1.165, 1.54) is 109 Å². The first-order valence-electron chi connectivity index (χ1n) is 36.5. The minimum Gasteiger partial charge on any atom is -0.309 e. The number of hydrogen-bond donors (Lipinski definition) is 0. The molecule has 0 aliphatic heterocycles. The van der Waals surface area contributed by atoms with Crippen molar-refractivity contribution >= 4 is 142 Å². The lowest BCUT2D eigenvalue weighted by Gasteiger charge is -2.33. The summed E-state index contributed by atoms with van der Waals surface area (Å²) in [5.74, 6) is 0. The van der Waals surface area contributed by atoms with E-state index >= 15 is 0 Å². The SMILES string of the molecule is c1ccc(N(c2ccc(-n3c4ccc(-c5cccc6ccccc56)cc4c4cc(-c5cccc6ccccc56)ccc43)cc2)c2c3ccccc3c(N(c3ccccc3)c3ccc(-n4c5ccc(-c6cccc7ccccc67)cc5c5cc(-c6cccc7ccccc67)ccc54)cc3)c3ccccc23)cc1. The fourth-order valence-electron chi connectivity index (χ4n) is 17.2. The Hall–Kier alpha value is -14.1. The van der Waals surface area contributed by atoms with E-state index in [4.69, 9.17) is 0 Å². The number of anilines is 6. The highest BCUT2D eigenvalue weighted by Crippen LogP contribution is 2.52. The zero-order valence-electron chi connectivity index (χ0n) is 57.9. The van der Waals surface area contributed by atoms with E-state index in [2.05, 4.69) is 419 Å². The van der Waals surface area contributed by atoms with Gasteiger partial charge in [-0.05, 0) is 209 Å². The predicted molar refractivity (Wildman–Crippen MR) is 451 cm³/mol. The zero-order valence-corrected chi connectivity index (χ0v) is 57.9. The van der Waals surface area contributed by atoms with Crippen molar-refractivity contribution in [1.29, 1.82) is 0 Å². The van der Waals surface area contributed by atoms with Crippen molar-refractivity contribution in [3.05, 3.63) is 400 Å². The average Bonchev–Trinajstić information content (AvgIpc) is 1.33. The Balaban J connectivity index is 0.707. The zero-order chi connectivity index (χ0) is 69.8. The smallest absolute Gasteiger partial charge is 0.0619 e. The Morgan fingerprint density at radius 1 is 0.160 bits per heavy atom. The molecule has 0 aliphatic carbocycles. The molecule has 21 rings (SSSR count). The van der Waals surface area contributed by atoms with Crippen LogP contribution in [0.25, 0.3) is 164 Å². The molecule has 494 valence electrons. The first-order valence-corrected chi connectivity index (χ1v) is 36.5. The summed E-state index contributed by atoms with van der Waals surface area (Å²) in [6, 6.07) is 148. The number of para-hydroxylation sites is 2. The lowest BCUT2D eigenvalue weighted by Crippen LogP contribution is -2.14. The van der Waals surface area contributed by atoms with Gasteiger partial charge in [0.1, 0.15) is 0 Å². The lowest BCUT2D eigenvalue weighted by atomic mass is 9.95. The van der Waals surface area contributed by atoms with Gasteiger partial charge in [0.25, 0.3) is 0 Å². The van der Waals surface area contributed by atoms with Crippen LogP contribution in [0.1, 0.15) is 0 Å². The van der Waals surface area contributed by atoms with Gasteiger partial charge >= 0.3 is 0 Å². The molecule has 0 saturated heterocycles. The first kappa shape index (κ1) is 60.7. The molecule has 19 aromatic carbocycles. The van der Waals surface area contributed by atoms with E-state index in [9.17, 15) is 0 Å². The summed E-state index contributed by atoms with van der Waals surface area (Å²) in [5, 5.41) is 19.2. The van der Waals surface area contributed by atoms with Crippen molar-refractivity contribution in [3.8, 4) is 55.9 Å². The molecule has 2 heterocycles. The third-order valence-electron chi connectivity index (χ3n) is 22.0. The Morgan fingerprint density at radius 3 is 0.660 bits per heavy atom. The molecule has 0 radical (unpaired) electrons. The van der Waals surface area contributed by atoms with E-state index in [1.807, 2.05) is 0 Å². The molecule has 0 saturated carbocycles. The van der Waals surface area contributed by atoms with Gasteiger partial charge in [-0.2, -0.15) is 0 Å². The Kier molecular flexibility index (Phi) is 14.2. The van der Waals surface area contributed by atoms with Gasteiger partial charge in [0.05, 0.1) is 33.4 Å². The number of benzene rings is 19. The molecule has 106 heavy (non-hydrogen) atoms. The Labute approximate surface area is 613 Å². The fourth-order valence-corrected chi connectivity index (χ4v) is 17.2. The summed E-state index contributed by atoms with van der Waals surface area (Å²) in [7, 11) is 0. The number of fused-ring (bicyclic) bond motifs is 12. The van der Waals surface area contributed by atoms with Crippen LogP contribution >= 0.6 is 0 Å². The summed E-state index contributed by atoms with van der Waals surface area (Å²) >= 11 is 0. The van der Waals surface area contributed by atoms with Crippen molar-refractivity contribution in [2.24, 2.45) is 0 Å². The second kappa shape index (κ2) is 24.9. The topological polar surface area (TPSA) is 16.3 Å². The molecule has 4 heteroatoms. The number of hydrogen-bond acceptors (Lipinski definition) is 2. The molecule has 21 aromatic rings. The van der Waals surface area contributed by atoms with E-state index < -0.39 is 0 Å². The molecular formula is C102H66N4. The number of rotatable bonds is 12. The van der Waals surface area contributed by atoms with Crippen LogP contribution in [0.4, 0.5) is 34.1 Å². The highest BCUT2D eigenvalue weighted by molar-refractivity contribution is 6.24. The van der Waals surface area contributed by atoms with Gasteiger partial charge in [-0.15, -0.1) is 0 Å². The molecule has 0 N–H and O–H groups in total. The lowest BCUT2D eigenvalue weighted by molar-refractivity contribution is 1.17. The third-order valence-corrected chi connectivity index (χ3v) is 22.0. The number of nitrogens with zero attached hydrogens (tertiary/aromatic N) is 4. The quantitative estimate of drug-likeness (QED) is 0.0895. The summed E-state index contributed by atoms with van der Waals surface area (Å²) in [4.78, 5) is 4.95. The van der Waals surface area contributed by atoms with Crippen molar-refractivity contribution in [1.82, 2.24) is 9.13 Å². The second-order valence-corrected chi connectivity index (χ2v) is 27.9. The number of aromatic nitrogens is 2. The van der Waals surface area contributed by atoms with Crippen molar-refractivity contribution in [2.75, 3.05) is 9.80 Å². The van der Waals surface area contributed by atoms with Crippen LogP contribution in [-0.4, -0.2) is 9.13 Å². The van der Waals surface area contributed by atoms with Gasteiger partial charge in [0.15, 0.2) is 0 Å². The highest BCUT2D eigenvalue weighted by atomic mass is 15.2. The first-order chi connectivity index (χ1) is 52.6. The predicted octanol–water partition coefficient (Wildman–Crippen LogP) is 28.4. The van der Waals surface area contributed by atoms with E-state index in [0.717, 1.165) is 89.1 Å². The average molecular weight is 1350 g/mol. The summed E-state index contributed by atoms with van der Waals surface area (Å²) < 4.78 is 4.92. The van der Waals surface area contributed by atoms with Crippen LogP contribution in [0.15, 0.2) is 400 Å². The van der Waals surface area contributed by atoms with E-state index in [1.54, 1.807) is 0 Å². The van der Waals surface area contributed by atoms with Crippen molar-refractivity contribution in [3.63, 3.8) is 0 Å². The van der Waals surface area contributed by atoms with Crippen LogP contribution in [0.3, 0.4) is 0 Å². The molecule has 0 fully saturated rings. The van der Waals surface area contributed by atoms with Crippen LogP contribution in [0.5, 0.6) is 0 Å². The minimum absolute atomic E-state index is 1.05. The second-order valence-electron chi connectivity index (χ2n) is 27.9. The Bertz CT molecular complexity index is 6290. The van der Waals surface area contributed by atoms with E-state index in [-0.39, 0.29) is 0 Å². The van der Waals surface area contributed by atoms with Crippen LogP contribution in [0.2, 0.25) is 0 Å². The maximum atomic E-state index is 2.47. The minimum atomic E-state index is 1.05. The van der Waals surface area contributed by atoms with Gasteiger partial charge < -0.3 is 18.9 Å².